The van der Waals surface area contributed by atoms with Gasteiger partial charge in [0.25, 0.3) is 0 Å². The highest BCUT2D eigenvalue weighted by Crippen LogP contribution is 2.23. The zero-order valence-electron chi connectivity index (χ0n) is 22.4. The summed E-state index contributed by atoms with van der Waals surface area (Å²) >= 11 is 5.97. The molecule has 208 valence electrons. The molecular formula is C29H33ClFN3O4S. The lowest BCUT2D eigenvalue weighted by Crippen LogP contribution is -2.56. The number of amides is 2. The Bertz CT molecular complexity index is 1390. The number of nitrogens with zero attached hydrogens (tertiary/aromatic N) is 2. The molecule has 0 aliphatic heterocycles. The molecular weight excluding hydrogens is 541 g/mol. The van der Waals surface area contributed by atoms with Crippen molar-refractivity contribution in [2.45, 2.75) is 45.3 Å². The van der Waals surface area contributed by atoms with Gasteiger partial charge in [0.1, 0.15) is 18.4 Å². The van der Waals surface area contributed by atoms with Crippen LogP contribution in [0.3, 0.4) is 0 Å². The van der Waals surface area contributed by atoms with Gasteiger partial charge in [-0.3, -0.25) is 13.9 Å². The van der Waals surface area contributed by atoms with Gasteiger partial charge in [-0.1, -0.05) is 60.1 Å². The summed E-state index contributed by atoms with van der Waals surface area (Å²) in [6.45, 7) is 4.63. The number of sulfonamides is 1. The Morgan fingerprint density at radius 1 is 0.949 bits per heavy atom. The maximum Gasteiger partial charge on any atom is 0.244 e. The topological polar surface area (TPSA) is 86.8 Å². The maximum absolute atomic E-state index is 14.8. The first-order chi connectivity index (χ1) is 18.2. The Balaban J connectivity index is 2.08. The van der Waals surface area contributed by atoms with Gasteiger partial charge in [0, 0.05) is 29.1 Å². The molecule has 0 saturated carbocycles. The lowest BCUT2D eigenvalue weighted by Gasteiger charge is -2.35. The van der Waals surface area contributed by atoms with Crippen LogP contribution in [0.5, 0.6) is 0 Å². The first-order valence-corrected chi connectivity index (χ1v) is 14.6. The number of halogens is 2. The molecule has 0 fully saturated rings. The first-order valence-electron chi connectivity index (χ1n) is 12.4. The van der Waals surface area contributed by atoms with E-state index in [9.17, 15) is 22.4 Å². The van der Waals surface area contributed by atoms with Gasteiger partial charge >= 0.3 is 0 Å². The van der Waals surface area contributed by atoms with Crippen LogP contribution in [0, 0.1) is 5.82 Å². The molecule has 1 atom stereocenters. The van der Waals surface area contributed by atoms with Gasteiger partial charge < -0.3 is 10.2 Å². The summed E-state index contributed by atoms with van der Waals surface area (Å²) in [5.41, 5.74) is 0.612. The van der Waals surface area contributed by atoms with E-state index in [1.807, 2.05) is 51.1 Å². The summed E-state index contributed by atoms with van der Waals surface area (Å²) < 4.78 is 41.2. The van der Waals surface area contributed by atoms with Gasteiger partial charge in [-0.05, 0) is 56.7 Å². The van der Waals surface area contributed by atoms with Crippen molar-refractivity contribution in [3.8, 4) is 0 Å². The molecule has 7 nitrogen and oxygen atoms in total. The molecule has 0 saturated heterocycles. The summed E-state index contributed by atoms with van der Waals surface area (Å²) in [6.07, 6.45) is 1.13. The summed E-state index contributed by atoms with van der Waals surface area (Å²) in [5, 5.41) is 3.33. The van der Waals surface area contributed by atoms with Crippen LogP contribution in [0.25, 0.3) is 0 Å². The fraction of sp³-hybridized carbons (Fsp3) is 0.310. The van der Waals surface area contributed by atoms with Crippen molar-refractivity contribution in [2.24, 2.45) is 0 Å². The monoisotopic (exact) mass is 573 g/mol. The second kappa shape index (κ2) is 12.6. The van der Waals surface area contributed by atoms with E-state index in [-0.39, 0.29) is 24.2 Å². The third-order valence-corrected chi connectivity index (χ3v) is 7.25. The quantitative estimate of drug-likeness (QED) is 0.377. The fourth-order valence-corrected chi connectivity index (χ4v) is 5.01. The molecule has 2 amide bonds. The highest BCUT2D eigenvalue weighted by Gasteiger charge is 2.34. The van der Waals surface area contributed by atoms with Crippen LogP contribution in [-0.4, -0.2) is 49.5 Å². The zero-order valence-corrected chi connectivity index (χ0v) is 24.0. The lowest BCUT2D eigenvalue weighted by molar-refractivity contribution is -0.140. The van der Waals surface area contributed by atoms with Gasteiger partial charge in [-0.15, -0.1) is 0 Å². The standard InChI is InChI=1S/C29H33ClFN3O4S/c1-29(2,3)32-28(36)26(18-21-10-6-5-7-11-21)33(19-22-12-8-9-13-25(22)31)27(35)20-34(39(4,37)38)24-16-14-23(30)15-17-24/h5-17,26H,18-20H2,1-4H3,(H,32,36)/t26-/m0/s1. The SMILES string of the molecule is CC(C)(C)NC(=O)[C@H](Cc1ccccc1)N(Cc1ccccc1F)C(=O)CN(c1ccc(Cl)cc1)S(C)(=O)=O. The summed E-state index contributed by atoms with van der Waals surface area (Å²) in [7, 11) is -3.91. The van der Waals surface area contributed by atoms with Crippen molar-refractivity contribution in [1.82, 2.24) is 10.2 Å². The van der Waals surface area contributed by atoms with Gasteiger partial charge in [-0.25, -0.2) is 12.8 Å². The van der Waals surface area contributed by atoms with E-state index in [0.717, 1.165) is 16.1 Å². The second-order valence-electron chi connectivity index (χ2n) is 10.3. The third kappa shape index (κ3) is 8.80. The maximum atomic E-state index is 14.8. The number of rotatable bonds is 10. The van der Waals surface area contributed by atoms with Gasteiger partial charge in [-0.2, -0.15) is 0 Å². The van der Waals surface area contributed by atoms with Crippen LogP contribution in [0.2, 0.25) is 5.02 Å². The number of nitrogens with one attached hydrogen (secondary N) is 1. The van der Waals surface area contributed by atoms with Crippen molar-refractivity contribution in [1.29, 1.82) is 0 Å². The van der Waals surface area contributed by atoms with Crippen molar-refractivity contribution in [3.05, 3.63) is 101 Å². The molecule has 0 aromatic heterocycles. The predicted molar refractivity (Wildman–Crippen MR) is 152 cm³/mol. The van der Waals surface area contributed by atoms with Crippen molar-refractivity contribution >= 4 is 39.1 Å². The lowest BCUT2D eigenvalue weighted by atomic mass is 10.0. The molecule has 1 N–H and O–H groups in total. The normalized spacial score (nSPS) is 12.5. The number of hydrogen-bond donors (Lipinski definition) is 1. The minimum atomic E-state index is -3.91. The third-order valence-electron chi connectivity index (χ3n) is 5.86. The van der Waals surface area contributed by atoms with Crippen molar-refractivity contribution in [3.63, 3.8) is 0 Å². The van der Waals surface area contributed by atoms with E-state index in [2.05, 4.69) is 5.32 Å². The largest absolute Gasteiger partial charge is 0.350 e. The fourth-order valence-electron chi connectivity index (χ4n) is 4.04. The van der Waals surface area contributed by atoms with E-state index in [1.165, 1.54) is 47.4 Å². The average molecular weight is 574 g/mol. The van der Waals surface area contributed by atoms with Crippen LogP contribution in [0.1, 0.15) is 31.9 Å². The molecule has 10 heteroatoms. The number of carbonyl (C=O) groups is 2. The van der Waals surface area contributed by atoms with E-state index in [0.29, 0.717) is 5.02 Å². The number of carbonyl (C=O) groups excluding carboxylic acids is 2. The minimum absolute atomic E-state index is 0.142. The molecule has 0 aliphatic rings. The predicted octanol–water partition coefficient (Wildman–Crippen LogP) is 4.80. The van der Waals surface area contributed by atoms with Gasteiger partial charge in [0.05, 0.1) is 11.9 Å². The van der Waals surface area contributed by atoms with E-state index in [4.69, 9.17) is 11.6 Å². The number of hydrogen-bond acceptors (Lipinski definition) is 4. The highest BCUT2D eigenvalue weighted by atomic mass is 35.5. The molecule has 0 unspecified atom stereocenters. The van der Waals surface area contributed by atoms with E-state index in [1.54, 1.807) is 6.07 Å². The molecule has 39 heavy (non-hydrogen) atoms. The molecule has 0 radical (unpaired) electrons. The smallest absolute Gasteiger partial charge is 0.244 e. The molecule has 3 rings (SSSR count). The Labute approximate surface area is 234 Å². The summed E-state index contributed by atoms with van der Waals surface area (Å²) in [6, 6.07) is 20.1. The average Bonchev–Trinajstić information content (AvgIpc) is 2.85. The van der Waals surface area contributed by atoms with Crippen molar-refractivity contribution < 1.29 is 22.4 Å². The van der Waals surface area contributed by atoms with Crippen LogP contribution < -0.4 is 9.62 Å². The summed E-state index contributed by atoms with van der Waals surface area (Å²) in [5.74, 6) is -1.64. The minimum Gasteiger partial charge on any atom is -0.350 e. The zero-order chi connectivity index (χ0) is 28.8. The number of anilines is 1. The van der Waals surface area contributed by atoms with Gasteiger partial charge in [0.15, 0.2) is 0 Å². The second-order valence-corrected chi connectivity index (χ2v) is 12.6. The Morgan fingerprint density at radius 2 is 1.54 bits per heavy atom. The molecule has 3 aromatic carbocycles. The van der Waals surface area contributed by atoms with E-state index < -0.39 is 45.8 Å². The molecule has 0 bridgehead atoms. The van der Waals surface area contributed by atoms with Gasteiger partial charge in [0.2, 0.25) is 21.8 Å². The Morgan fingerprint density at radius 3 is 2.10 bits per heavy atom. The molecule has 0 spiro atoms. The number of benzene rings is 3. The Hall–Kier alpha value is -3.43. The molecule has 3 aromatic rings. The summed E-state index contributed by atoms with van der Waals surface area (Å²) in [4.78, 5) is 28.8. The van der Waals surface area contributed by atoms with Crippen LogP contribution >= 0.6 is 11.6 Å². The Kier molecular flexibility index (Phi) is 9.74. The van der Waals surface area contributed by atoms with Crippen LogP contribution in [0.4, 0.5) is 10.1 Å². The first kappa shape index (κ1) is 30.1. The molecule has 0 aliphatic carbocycles. The van der Waals surface area contributed by atoms with E-state index >= 15 is 0 Å². The van der Waals surface area contributed by atoms with Crippen LogP contribution in [0.15, 0.2) is 78.9 Å². The van der Waals surface area contributed by atoms with Crippen molar-refractivity contribution in [2.75, 3.05) is 17.1 Å². The van der Waals surface area contributed by atoms with Crippen LogP contribution in [-0.2, 0) is 32.6 Å². The highest BCUT2D eigenvalue weighted by molar-refractivity contribution is 7.92. The molecule has 0 heterocycles.